The molecule has 0 amide bonds. The van der Waals surface area contributed by atoms with Crippen molar-refractivity contribution in [2.75, 3.05) is 13.1 Å². The van der Waals surface area contributed by atoms with Crippen LogP contribution in [-0.2, 0) is 6.42 Å². The highest BCUT2D eigenvalue weighted by Gasteiger charge is 2.32. The van der Waals surface area contributed by atoms with E-state index in [1.807, 2.05) is 0 Å². The van der Waals surface area contributed by atoms with Crippen LogP contribution in [0.5, 0.6) is 5.75 Å². The number of aromatic nitrogens is 4. The molecule has 0 bridgehead atoms. The SMILES string of the molecule is O=c1[nH]c(Cc2ccccc2OC(F)(F)F)nc2c1cnn2C1CCCNC1. The average Bonchev–Trinajstić information content (AvgIpc) is 3.07. The first kappa shape index (κ1) is 18.5. The zero-order chi connectivity index (χ0) is 19.7. The van der Waals surface area contributed by atoms with Gasteiger partial charge < -0.3 is 15.0 Å². The number of hydrogen-bond donors (Lipinski definition) is 2. The monoisotopic (exact) mass is 393 g/mol. The number of H-pyrrole nitrogens is 1. The van der Waals surface area contributed by atoms with E-state index in [9.17, 15) is 18.0 Å². The maximum atomic E-state index is 12.6. The minimum Gasteiger partial charge on any atom is -0.405 e. The molecule has 28 heavy (non-hydrogen) atoms. The summed E-state index contributed by atoms with van der Waals surface area (Å²) in [5, 5.41) is 7.96. The number of rotatable bonds is 4. The molecule has 1 saturated heterocycles. The molecule has 1 atom stereocenters. The zero-order valence-electron chi connectivity index (χ0n) is 14.8. The summed E-state index contributed by atoms with van der Waals surface area (Å²) in [7, 11) is 0. The molecule has 0 saturated carbocycles. The maximum Gasteiger partial charge on any atom is 0.573 e. The Bertz CT molecular complexity index is 1040. The Labute approximate surface area is 157 Å². The smallest absolute Gasteiger partial charge is 0.405 e. The number of nitrogens with zero attached hydrogens (tertiary/aromatic N) is 3. The van der Waals surface area contributed by atoms with E-state index in [2.05, 4.69) is 25.1 Å². The number of benzene rings is 1. The van der Waals surface area contributed by atoms with Gasteiger partial charge in [-0.05, 0) is 25.5 Å². The van der Waals surface area contributed by atoms with Gasteiger partial charge in [-0.25, -0.2) is 9.67 Å². The molecular weight excluding hydrogens is 375 g/mol. The quantitative estimate of drug-likeness (QED) is 0.712. The fourth-order valence-electron chi connectivity index (χ4n) is 3.43. The summed E-state index contributed by atoms with van der Waals surface area (Å²) >= 11 is 0. The van der Waals surface area contributed by atoms with Gasteiger partial charge in [-0.1, -0.05) is 18.2 Å². The highest BCUT2D eigenvalue weighted by molar-refractivity contribution is 5.73. The average molecular weight is 393 g/mol. The fraction of sp³-hybridized carbons (Fsp3) is 0.389. The molecule has 2 aromatic heterocycles. The summed E-state index contributed by atoms with van der Waals surface area (Å²) in [6, 6.07) is 5.88. The van der Waals surface area contributed by atoms with Crippen molar-refractivity contribution in [3.63, 3.8) is 0 Å². The van der Waals surface area contributed by atoms with Gasteiger partial charge in [0.15, 0.2) is 5.65 Å². The number of hydrogen-bond acceptors (Lipinski definition) is 5. The van der Waals surface area contributed by atoms with Crippen LogP contribution in [-0.4, -0.2) is 39.2 Å². The van der Waals surface area contributed by atoms with E-state index in [0.29, 0.717) is 11.0 Å². The Morgan fingerprint density at radius 1 is 1.29 bits per heavy atom. The van der Waals surface area contributed by atoms with Crippen LogP contribution in [0.4, 0.5) is 13.2 Å². The second-order valence-corrected chi connectivity index (χ2v) is 6.67. The van der Waals surface area contributed by atoms with Crippen molar-refractivity contribution in [2.24, 2.45) is 0 Å². The minimum absolute atomic E-state index is 0.00840. The van der Waals surface area contributed by atoms with Crippen molar-refractivity contribution in [2.45, 2.75) is 31.7 Å². The molecule has 3 heterocycles. The predicted molar refractivity (Wildman–Crippen MR) is 95.2 cm³/mol. The van der Waals surface area contributed by atoms with Crippen LogP contribution in [0.15, 0.2) is 35.3 Å². The molecule has 1 aliphatic heterocycles. The van der Waals surface area contributed by atoms with Gasteiger partial charge in [-0.3, -0.25) is 4.79 Å². The van der Waals surface area contributed by atoms with Crippen LogP contribution in [0.25, 0.3) is 11.0 Å². The molecule has 1 aromatic carbocycles. The van der Waals surface area contributed by atoms with E-state index in [4.69, 9.17) is 0 Å². The van der Waals surface area contributed by atoms with Crippen molar-refractivity contribution in [1.82, 2.24) is 25.1 Å². The molecule has 2 N–H and O–H groups in total. The van der Waals surface area contributed by atoms with Crippen LogP contribution < -0.4 is 15.6 Å². The second-order valence-electron chi connectivity index (χ2n) is 6.67. The zero-order valence-corrected chi connectivity index (χ0v) is 14.8. The van der Waals surface area contributed by atoms with Gasteiger partial charge >= 0.3 is 6.36 Å². The molecular formula is C18H18F3N5O2. The molecule has 4 rings (SSSR count). The molecule has 0 spiro atoms. The van der Waals surface area contributed by atoms with Gasteiger partial charge in [0.05, 0.1) is 12.2 Å². The number of alkyl halides is 3. The van der Waals surface area contributed by atoms with Crippen LogP contribution in [0.3, 0.4) is 0 Å². The van der Waals surface area contributed by atoms with Crippen LogP contribution in [0.2, 0.25) is 0 Å². The van der Waals surface area contributed by atoms with Gasteiger partial charge in [-0.15, -0.1) is 13.2 Å². The molecule has 10 heteroatoms. The van der Waals surface area contributed by atoms with E-state index >= 15 is 0 Å². The van der Waals surface area contributed by atoms with Crippen LogP contribution in [0.1, 0.15) is 30.3 Å². The summed E-state index contributed by atoms with van der Waals surface area (Å²) < 4.78 is 43.7. The Kier molecular flexibility index (Phi) is 4.80. The number of piperidine rings is 1. The second kappa shape index (κ2) is 7.27. The summed E-state index contributed by atoms with van der Waals surface area (Å²) in [5.74, 6) is -0.0658. The lowest BCUT2D eigenvalue weighted by Crippen LogP contribution is -2.32. The topological polar surface area (TPSA) is 84.8 Å². The van der Waals surface area contributed by atoms with Crippen molar-refractivity contribution >= 4 is 11.0 Å². The highest BCUT2D eigenvalue weighted by atomic mass is 19.4. The number of nitrogens with one attached hydrogen (secondary N) is 2. The summed E-state index contributed by atoms with van der Waals surface area (Å²) in [6.07, 6.45) is -1.43. The lowest BCUT2D eigenvalue weighted by Gasteiger charge is -2.23. The van der Waals surface area contributed by atoms with E-state index in [1.165, 1.54) is 24.4 Å². The largest absolute Gasteiger partial charge is 0.573 e. The summed E-state index contributed by atoms with van der Waals surface area (Å²) in [5.41, 5.74) is 0.332. The number of halogens is 3. The third kappa shape index (κ3) is 3.86. The van der Waals surface area contributed by atoms with E-state index in [0.717, 1.165) is 25.9 Å². The number of ether oxygens (including phenoxy) is 1. The third-order valence-corrected chi connectivity index (χ3v) is 4.69. The normalized spacial score (nSPS) is 17.8. The first-order chi connectivity index (χ1) is 13.4. The Morgan fingerprint density at radius 2 is 2.11 bits per heavy atom. The van der Waals surface area contributed by atoms with Crippen LogP contribution >= 0.6 is 0 Å². The lowest BCUT2D eigenvalue weighted by molar-refractivity contribution is -0.274. The van der Waals surface area contributed by atoms with Crippen molar-refractivity contribution in [3.8, 4) is 5.75 Å². The molecule has 0 radical (unpaired) electrons. The minimum atomic E-state index is -4.80. The molecule has 1 aliphatic rings. The maximum absolute atomic E-state index is 12.6. The molecule has 1 unspecified atom stereocenters. The first-order valence-electron chi connectivity index (χ1n) is 8.91. The molecule has 1 fully saturated rings. The number of aromatic amines is 1. The van der Waals surface area contributed by atoms with Gasteiger partial charge in [0.25, 0.3) is 5.56 Å². The predicted octanol–water partition coefficient (Wildman–Crippen LogP) is 2.53. The van der Waals surface area contributed by atoms with E-state index in [1.54, 1.807) is 10.7 Å². The van der Waals surface area contributed by atoms with E-state index < -0.39 is 6.36 Å². The summed E-state index contributed by atoms with van der Waals surface area (Å²) in [6.45, 7) is 1.66. The molecule has 0 aliphatic carbocycles. The molecule has 3 aromatic rings. The van der Waals surface area contributed by atoms with Gasteiger partial charge in [0.1, 0.15) is 17.0 Å². The third-order valence-electron chi connectivity index (χ3n) is 4.69. The highest BCUT2D eigenvalue weighted by Crippen LogP contribution is 2.27. The Morgan fingerprint density at radius 3 is 2.86 bits per heavy atom. The first-order valence-corrected chi connectivity index (χ1v) is 8.91. The van der Waals surface area contributed by atoms with Gasteiger partial charge in [0, 0.05) is 18.5 Å². The fourth-order valence-corrected chi connectivity index (χ4v) is 3.43. The Balaban J connectivity index is 1.69. The van der Waals surface area contributed by atoms with Gasteiger partial charge in [0.2, 0.25) is 0 Å². The van der Waals surface area contributed by atoms with E-state index in [-0.39, 0.29) is 35.2 Å². The molecule has 7 nitrogen and oxygen atoms in total. The van der Waals surface area contributed by atoms with Crippen molar-refractivity contribution in [3.05, 3.63) is 52.2 Å². The number of fused-ring (bicyclic) bond motifs is 1. The summed E-state index contributed by atoms with van der Waals surface area (Å²) in [4.78, 5) is 19.5. The van der Waals surface area contributed by atoms with Crippen LogP contribution in [0, 0.1) is 0 Å². The standard InChI is InChI=1S/C18H18F3N5O2/c19-18(20,21)28-14-6-2-1-4-11(14)8-15-24-16-13(17(27)25-15)10-23-26(16)12-5-3-7-22-9-12/h1-2,4,6,10,12,22H,3,5,7-9H2,(H,24,25,27). The number of para-hydroxylation sites is 1. The van der Waals surface area contributed by atoms with Crippen molar-refractivity contribution < 1.29 is 17.9 Å². The Hall–Kier alpha value is -2.88. The van der Waals surface area contributed by atoms with Gasteiger partial charge in [-0.2, -0.15) is 5.10 Å². The van der Waals surface area contributed by atoms with Crippen molar-refractivity contribution in [1.29, 1.82) is 0 Å². The molecule has 148 valence electrons. The lowest BCUT2D eigenvalue weighted by atomic mass is 10.1.